The van der Waals surface area contributed by atoms with E-state index in [0.717, 1.165) is 0 Å². The fraction of sp³-hybridized carbons (Fsp3) is 0.667. The van der Waals surface area contributed by atoms with E-state index >= 15 is 0 Å². The number of hydrogen-bond donors (Lipinski definition) is 4. The smallest absolute Gasteiger partial charge is 0.394 e. The van der Waals surface area contributed by atoms with Crippen LogP contribution in [-0.2, 0) is 24.7 Å². The van der Waals surface area contributed by atoms with Crippen LogP contribution in [0.3, 0.4) is 0 Å². The molecule has 0 saturated carbocycles. The highest BCUT2D eigenvalue weighted by Gasteiger charge is 2.10. The molecule has 0 aromatic heterocycles. The van der Waals surface area contributed by atoms with Crippen molar-refractivity contribution in [2.45, 2.75) is 19.4 Å². The van der Waals surface area contributed by atoms with E-state index in [4.69, 9.17) is 28.4 Å². The maximum absolute atomic E-state index is 10.2. The number of hydrogen-bond acceptors (Lipinski definition) is 6. The van der Waals surface area contributed by atoms with Gasteiger partial charge in [0, 0.05) is 13.3 Å². The minimum Gasteiger partial charge on any atom is -0.480 e. The highest BCUT2D eigenvalue weighted by Crippen LogP contribution is 1.89. The molecule has 10 heteroatoms. The lowest BCUT2D eigenvalue weighted by molar-refractivity contribution is -0.144. The van der Waals surface area contributed by atoms with Crippen molar-refractivity contribution in [3.8, 4) is 0 Å². The van der Waals surface area contributed by atoms with E-state index in [9.17, 15) is 9.59 Å². The van der Waals surface area contributed by atoms with Crippen molar-refractivity contribution < 1.29 is 37.0 Å². The molecule has 0 aromatic rings. The zero-order valence-electron chi connectivity index (χ0n) is 8.36. The molecule has 0 heterocycles. The molecule has 0 bridgehead atoms. The largest absolute Gasteiger partial charge is 0.480 e. The Balaban J connectivity index is 0. The molecule has 0 radical (unpaired) electrons. The van der Waals surface area contributed by atoms with Gasteiger partial charge < -0.3 is 15.6 Å². The van der Waals surface area contributed by atoms with Crippen LogP contribution in [0.5, 0.6) is 0 Å². The molecule has 96 valence electrons. The van der Waals surface area contributed by atoms with E-state index in [0.29, 0.717) is 0 Å². The van der Waals surface area contributed by atoms with Crippen LogP contribution in [0.4, 0.5) is 0 Å². The van der Waals surface area contributed by atoms with Crippen molar-refractivity contribution >= 4 is 22.3 Å². The maximum atomic E-state index is 10.2. The van der Waals surface area contributed by atoms with E-state index in [1.165, 1.54) is 6.92 Å². The minimum absolute atomic E-state index is 0.0583. The summed E-state index contributed by atoms with van der Waals surface area (Å²) in [5.41, 5.74) is 5.11. The summed E-state index contributed by atoms with van der Waals surface area (Å²) in [7, 11) is -4.67. The fourth-order valence-electron chi connectivity index (χ4n) is 0.453. The molecular formula is C6H13NO8S. The molecule has 0 saturated heterocycles. The van der Waals surface area contributed by atoms with Crippen LogP contribution < -0.4 is 5.73 Å². The molecule has 0 aromatic carbocycles. The highest BCUT2D eigenvalue weighted by atomic mass is 32.3. The van der Waals surface area contributed by atoms with Gasteiger partial charge in [0.1, 0.15) is 6.04 Å². The average molecular weight is 259 g/mol. The Morgan fingerprint density at radius 1 is 1.38 bits per heavy atom. The number of esters is 1. The molecule has 0 amide bonds. The Bertz CT molecular complexity index is 315. The van der Waals surface area contributed by atoms with Crippen LogP contribution in [0.25, 0.3) is 0 Å². The summed E-state index contributed by atoms with van der Waals surface area (Å²) >= 11 is 0. The Morgan fingerprint density at radius 3 is 2.00 bits per heavy atom. The summed E-state index contributed by atoms with van der Waals surface area (Å²) in [5.74, 6) is -1.51. The van der Waals surface area contributed by atoms with Gasteiger partial charge in [0.25, 0.3) is 0 Å². The van der Waals surface area contributed by atoms with Crippen LogP contribution in [0.1, 0.15) is 13.3 Å². The summed E-state index contributed by atoms with van der Waals surface area (Å²) < 4.78 is 36.1. The van der Waals surface area contributed by atoms with Crippen LogP contribution in [0.15, 0.2) is 0 Å². The van der Waals surface area contributed by atoms with Gasteiger partial charge in [0.05, 0.1) is 6.61 Å². The number of carboxylic acid groups (broad SMARTS) is 1. The molecule has 16 heavy (non-hydrogen) atoms. The first kappa shape index (κ1) is 17.2. The Morgan fingerprint density at radius 2 is 1.75 bits per heavy atom. The number of carbonyl (C=O) groups excluding carboxylic acids is 1. The van der Waals surface area contributed by atoms with Crippen LogP contribution >= 0.6 is 0 Å². The molecule has 0 aliphatic rings. The number of rotatable bonds is 4. The lowest BCUT2D eigenvalue weighted by atomic mass is 10.2. The first-order valence-corrected chi connectivity index (χ1v) is 5.25. The third-order valence-corrected chi connectivity index (χ3v) is 1.05. The quantitative estimate of drug-likeness (QED) is 0.354. The fourth-order valence-corrected chi connectivity index (χ4v) is 0.453. The number of nitrogens with two attached hydrogens (primary N) is 1. The normalized spacial score (nSPS) is 12.0. The molecule has 0 aliphatic heterocycles. The van der Waals surface area contributed by atoms with E-state index in [2.05, 4.69) is 4.74 Å². The van der Waals surface area contributed by atoms with Gasteiger partial charge in [0.2, 0.25) is 0 Å². The first-order chi connectivity index (χ1) is 7.04. The standard InChI is InChI=1S/C6H11NO4.H2O4S/c1-4(8)11-3-2-5(7)6(9)10;1-5(2,3)4/h5H,2-3,7H2,1H3,(H,9,10);(H2,1,2,3,4)/t5-;/m0./s1. The Labute approximate surface area is 91.8 Å². The molecule has 9 nitrogen and oxygen atoms in total. The Hall–Kier alpha value is -1.23. The number of carboxylic acids is 1. The molecular weight excluding hydrogens is 246 g/mol. The van der Waals surface area contributed by atoms with E-state index in [1.54, 1.807) is 0 Å². The maximum Gasteiger partial charge on any atom is 0.394 e. The lowest BCUT2D eigenvalue weighted by Gasteiger charge is -2.04. The molecule has 0 rings (SSSR count). The minimum atomic E-state index is -4.67. The molecule has 0 spiro atoms. The Kier molecular flexibility index (Phi) is 8.57. The van der Waals surface area contributed by atoms with Gasteiger partial charge in [-0.1, -0.05) is 0 Å². The van der Waals surface area contributed by atoms with Gasteiger partial charge in [-0.15, -0.1) is 0 Å². The van der Waals surface area contributed by atoms with Crippen molar-refractivity contribution in [2.75, 3.05) is 6.61 Å². The van der Waals surface area contributed by atoms with Crippen LogP contribution in [0, 0.1) is 0 Å². The number of carbonyl (C=O) groups is 2. The highest BCUT2D eigenvalue weighted by molar-refractivity contribution is 7.79. The lowest BCUT2D eigenvalue weighted by Crippen LogP contribution is -2.31. The second-order valence-electron chi connectivity index (χ2n) is 2.52. The zero-order valence-corrected chi connectivity index (χ0v) is 9.18. The third-order valence-electron chi connectivity index (χ3n) is 1.05. The summed E-state index contributed by atoms with van der Waals surface area (Å²) in [4.78, 5) is 20.3. The van der Waals surface area contributed by atoms with Gasteiger partial charge in [-0.25, -0.2) is 0 Å². The van der Waals surface area contributed by atoms with Gasteiger partial charge in [-0.3, -0.25) is 18.7 Å². The summed E-state index contributed by atoms with van der Waals surface area (Å²) in [6.45, 7) is 1.31. The van der Waals surface area contributed by atoms with Crippen molar-refractivity contribution in [1.29, 1.82) is 0 Å². The van der Waals surface area contributed by atoms with Gasteiger partial charge in [-0.2, -0.15) is 8.42 Å². The molecule has 0 aliphatic carbocycles. The summed E-state index contributed by atoms with van der Waals surface area (Å²) in [6, 6.07) is -0.950. The number of aliphatic carboxylic acids is 1. The van der Waals surface area contributed by atoms with Gasteiger partial charge >= 0.3 is 22.3 Å². The second kappa shape index (κ2) is 7.98. The molecule has 1 atom stereocenters. The van der Waals surface area contributed by atoms with Crippen molar-refractivity contribution in [1.82, 2.24) is 0 Å². The second-order valence-corrected chi connectivity index (χ2v) is 3.42. The molecule has 0 fully saturated rings. The molecule has 0 unspecified atom stereocenters. The third kappa shape index (κ3) is 23.0. The van der Waals surface area contributed by atoms with Crippen LogP contribution in [0.2, 0.25) is 0 Å². The topological polar surface area (TPSA) is 164 Å². The predicted octanol–water partition coefficient (Wildman–Crippen LogP) is -1.30. The number of ether oxygens (including phenoxy) is 1. The van der Waals surface area contributed by atoms with E-state index in [-0.39, 0.29) is 13.0 Å². The predicted molar refractivity (Wildman–Crippen MR) is 51.0 cm³/mol. The van der Waals surface area contributed by atoms with Crippen LogP contribution in [-0.4, -0.2) is 47.2 Å². The van der Waals surface area contributed by atoms with E-state index < -0.39 is 28.4 Å². The van der Waals surface area contributed by atoms with Gasteiger partial charge in [-0.05, 0) is 0 Å². The zero-order chi connectivity index (χ0) is 13.4. The van der Waals surface area contributed by atoms with Crippen molar-refractivity contribution in [2.24, 2.45) is 5.73 Å². The SMILES string of the molecule is CC(=O)OCC[C@H](N)C(=O)O.O=S(=O)(O)O. The summed E-state index contributed by atoms with van der Waals surface area (Å²) in [6.07, 6.45) is 0.148. The van der Waals surface area contributed by atoms with E-state index in [1.807, 2.05) is 0 Å². The van der Waals surface area contributed by atoms with Gasteiger partial charge in [0.15, 0.2) is 0 Å². The first-order valence-electron chi connectivity index (χ1n) is 3.85. The monoisotopic (exact) mass is 259 g/mol. The average Bonchev–Trinajstić information content (AvgIpc) is 1.99. The summed E-state index contributed by atoms with van der Waals surface area (Å²) in [5, 5.41) is 8.28. The molecule has 5 N–H and O–H groups in total. The van der Waals surface area contributed by atoms with Crippen molar-refractivity contribution in [3.63, 3.8) is 0 Å². The van der Waals surface area contributed by atoms with Crippen molar-refractivity contribution in [3.05, 3.63) is 0 Å².